The number of carbonyl (C=O) groups is 3. The molecular formula is C14H19N3O4. The Hall–Kier alpha value is -2.41. The summed E-state index contributed by atoms with van der Waals surface area (Å²) in [6.07, 6.45) is 0. The number of carboxylic acid groups (broad SMARTS) is 1. The summed E-state index contributed by atoms with van der Waals surface area (Å²) in [7, 11) is 1.65. The Morgan fingerprint density at radius 1 is 1.33 bits per heavy atom. The Kier molecular flexibility index (Phi) is 5.86. The van der Waals surface area contributed by atoms with Crippen molar-refractivity contribution in [2.75, 3.05) is 25.5 Å². The van der Waals surface area contributed by atoms with Crippen molar-refractivity contribution >= 4 is 23.5 Å². The standard InChI is InChI=1S/C14H19N3O4/c1-9(14(20)21)7-17(2)8-12(18)16-11-6-4-3-5-10(11)13(15)19/h3-6,9H,7-8H2,1-2H3,(H2,15,19)(H,16,18)(H,20,21). The minimum Gasteiger partial charge on any atom is -0.481 e. The first-order valence-corrected chi connectivity index (χ1v) is 6.41. The summed E-state index contributed by atoms with van der Waals surface area (Å²) in [6.45, 7) is 1.84. The van der Waals surface area contributed by atoms with Gasteiger partial charge in [-0.2, -0.15) is 0 Å². The van der Waals surface area contributed by atoms with Crippen LogP contribution in [0.4, 0.5) is 5.69 Å². The van der Waals surface area contributed by atoms with E-state index in [2.05, 4.69) is 5.32 Å². The lowest BCUT2D eigenvalue weighted by Crippen LogP contribution is -2.35. The minimum absolute atomic E-state index is 0.0186. The van der Waals surface area contributed by atoms with Crippen molar-refractivity contribution in [2.24, 2.45) is 11.7 Å². The van der Waals surface area contributed by atoms with Crippen molar-refractivity contribution < 1.29 is 19.5 Å². The van der Waals surface area contributed by atoms with E-state index in [1.54, 1.807) is 37.1 Å². The van der Waals surface area contributed by atoms with Gasteiger partial charge in [-0.3, -0.25) is 19.3 Å². The molecule has 0 aromatic heterocycles. The second-order valence-corrected chi connectivity index (χ2v) is 4.89. The van der Waals surface area contributed by atoms with Gasteiger partial charge < -0.3 is 16.2 Å². The van der Waals surface area contributed by atoms with Crippen LogP contribution in [0, 0.1) is 5.92 Å². The number of rotatable bonds is 7. The lowest BCUT2D eigenvalue weighted by Gasteiger charge is -2.18. The highest BCUT2D eigenvalue weighted by Gasteiger charge is 2.16. The van der Waals surface area contributed by atoms with Gasteiger partial charge >= 0.3 is 5.97 Å². The first kappa shape index (κ1) is 16.6. The summed E-state index contributed by atoms with van der Waals surface area (Å²) >= 11 is 0. The normalized spacial score (nSPS) is 12.0. The number of anilines is 1. The Balaban J connectivity index is 2.62. The Labute approximate surface area is 122 Å². The van der Waals surface area contributed by atoms with Gasteiger partial charge in [0.25, 0.3) is 5.91 Å². The molecular weight excluding hydrogens is 274 g/mol. The van der Waals surface area contributed by atoms with Crippen LogP contribution in [0.3, 0.4) is 0 Å². The van der Waals surface area contributed by atoms with Crippen molar-refractivity contribution in [1.29, 1.82) is 0 Å². The predicted molar refractivity (Wildman–Crippen MR) is 77.9 cm³/mol. The van der Waals surface area contributed by atoms with Crippen LogP contribution in [0.2, 0.25) is 0 Å². The SMILES string of the molecule is CC(CN(C)CC(=O)Nc1ccccc1C(N)=O)C(=O)O. The molecule has 7 heteroatoms. The second-order valence-electron chi connectivity index (χ2n) is 4.89. The number of benzene rings is 1. The third kappa shape index (κ3) is 5.23. The number of carboxylic acids is 1. The van der Waals surface area contributed by atoms with Crippen molar-refractivity contribution in [3.8, 4) is 0 Å². The summed E-state index contributed by atoms with van der Waals surface area (Å²) < 4.78 is 0. The molecule has 114 valence electrons. The lowest BCUT2D eigenvalue weighted by atomic mass is 10.1. The van der Waals surface area contributed by atoms with Crippen LogP contribution < -0.4 is 11.1 Å². The fourth-order valence-corrected chi connectivity index (χ4v) is 1.85. The summed E-state index contributed by atoms with van der Waals surface area (Å²) in [4.78, 5) is 35.5. The van der Waals surface area contributed by atoms with Gasteiger partial charge in [0.2, 0.25) is 5.91 Å². The van der Waals surface area contributed by atoms with E-state index in [-0.39, 0.29) is 24.6 Å². The number of amides is 2. The monoisotopic (exact) mass is 293 g/mol. The molecule has 1 atom stereocenters. The summed E-state index contributed by atoms with van der Waals surface area (Å²) in [5.41, 5.74) is 5.80. The van der Waals surface area contributed by atoms with E-state index in [0.29, 0.717) is 5.69 Å². The molecule has 1 aromatic rings. The summed E-state index contributed by atoms with van der Waals surface area (Å²) in [5, 5.41) is 11.4. The summed E-state index contributed by atoms with van der Waals surface area (Å²) in [6, 6.07) is 6.43. The molecule has 0 aliphatic heterocycles. The van der Waals surface area contributed by atoms with Crippen LogP contribution in [-0.4, -0.2) is 47.9 Å². The smallest absolute Gasteiger partial charge is 0.307 e. The minimum atomic E-state index is -0.915. The molecule has 21 heavy (non-hydrogen) atoms. The van der Waals surface area contributed by atoms with E-state index in [1.165, 1.54) is 6.07 Å². The molecule has 0 saturated heterocycles. The van der Waals surface area contributed by atoms with E-state index in [1.807, 2.05) is 0 Å². The molecule has 0 spiro atoms. The maximum absolute atomic E-state index is 11.9. The number of aliphatic carboxylic acids is 1. The number of primary amides is 1. The molecule has 0 fully saturated rings. The molecule has 0 saturated carbocycles. The van der Waals surface area contributed by atoms with Crippen molar-refractivity contribution in [1.82, 2.24) is 4.90 Å². The third-order valence-electron chi connectivity index (χ3n) is 2.89. The van der Waals surface area contributed by atoms with E-state index >= 15 is 0 Å². The average molecular weight is 293 g/mol. The van der Waals surface area contributed by atoms with Gasteiger partial charge in [0.05, 0.1) is 23.7 Å². The molecule has 0 aliphatic rings. The first-order chi connectivity index (χ1) is 9.81. The topological polar surface area (TPSA) is 113 Å². The first-order valence-electron chi connectivity index (χ1n) is 6.41. The zero-order chi connectivity index (χ0) is 16.0. The van der Waals surface area contributed by atoms with Crippen LogP contribution >= 0.6 is 0 Å². The van der Waals surface area contributed by atoms with E-state index in [0.717, 1.165) is 0 Å². The zero-order valence-electron chi connectivity index (χ0n) is 12.0. The molecule has 0 aliphatic carbocycles. The fourth-order valence-electron chi connectivity index (χ4n) is 1.85. The molecule has 0 radical (unpaired) electrons. The number of hydrogen-bond donors (Lipinski definition) is 3. The Morgan fingerprint density at radius 2 is 1.95 bits per heavy atom. The Morgan fingerprint density at radius 3 is 2.52 bits per heavy atom. The van der Waals surface area contributed by atoms with Gasteiger partial charge in [-0.15, -0.1) is 0 Å². The molecule has 1 aromatic carbocycles. The molecule has 0 bridgehead atoms. The number of carbonyl (C=O) groups excluding carboxylic acids is 2. The van der Waals surface area contributed by atoms with Crippen LogP contribution in [0.5, 0.6) is 0 Å². The van der Waals surface area contributed by atoms with Gasteiger partial charge in [-0.25, -0.2) is 0 Å². The zero-order valence-corrected chi connectivity index (χ0v) is 12.0. The third-order valence-corrected chi connectivity index (χ3v) is 2.89. The van der Waals surface area contributed by atoms with Gasteiger partial charge in [0.1, 0.15) is 0 Å². The molecule has 1 rings (SSSR count). The van der Waals surface area contributed by atoms with Crippen LogP contribution in [0.25, 0.3) is 0 Å². The maximum atomic E-state index is 11.9. The van der Waals surface area contributed by atoms with E-state index in [4.69, 9.17) is 10.8 Å². The number of nitrogens with zero attached hydrogens (tertiary/aromatic N) is 1. The molecule has 0 heterocycles. The highest BCUT2D eigenvalue weighted by atomic mass is 16.4. The van der Waals surface area contributed by atoms with Crippen LogP contribution in [-0.2, 0) is 9.59 Å². The quantitative estimate of drug-likeness (QED) is 0.672. The van der Waals surface area contributed by atoms with Crippen molar-refractivity contribution in [3.63, 3.8) is 0 Å². The van der Waals surface area contributed by atoms with Gasteiger partial charge in [-0.1, -0.05) is 19.1 Å². The maximum Gasteiger partial charge on any atom is 0.307 e. The number of nitrogens with two attached hydrogens (primary N) is 1. The van der Waals surface area contributed by atoms with Crippen LogP contribution in [0.15, 0.2) is 24.3 Å². The number of hydrogen-bond acceptors (Lipinski definition) is 4. The van der Waals surface area contributed by atoms with Crippen LogP contribution in [0.1, 0.15) is 17.3 Å². The highest BCUT2D eigenvalue weighted by Crippen LogP contribution is 2.14. The largest absolute Gasteiger partial charge is 0.481 e. The number of para-hydroxylation sites is 1. The highest BCUT2D eigenvalue weighted by molar-refractivity contribution is 6.03. The number of nitrogens with one attached hydrogen (secondary N) is 1. The van der Waals surface area contributed by atoms with Gasteiger partial charge in [-0.05, 0) is 19.2 Å². The molecule has 7 nitrogen and oxygen atoms in total. The predicted octanol–water partition coefficient (Wildman–Crippen LogP) is 0.377. The fraction of sp³-hybridized carbons (Fsp3) is 0.357. The molecule has 2 amide bonds. The summed E-state index contributed by atoms with van der Waals surface area (Å²) in [5.74, 6) is -2.45. The lowest BCUT2D eigenvalue weighted by molar-refractivity contribution is -0.141. The molecule has 1 unspecified atom stereocenters. The van der Waals surface area contributed by atoms with Crippen molar-refractivity contribution in [3.05, 3.63) is 29.8 Å². The van der Waals surface area contributed by atoms with Gasteiger partial charge in [0, 0.05) is 6.54 Å². The van der Waals surface area contributed by atoms with E-state index in [9.17, 15) is 14.4 Å². The number of likely N-dealkylation sites (N-methyl/N-ethyl adjacent to an activating group) is 1. The second kappa shape index (κ2) is 7.39. The van der Waals surface area contributed by atoms with E-state index < -0.39 is 17.8 Å². The Bertz CT molecular complexity index is 545. The van der Waals surface area contributed by atoms with Crippen molar-refractivity contribution in [2.45, 2.75) is 6.92 Å². The molecule has 4 N–H and O–H groups in total. The average Bonchev–Trinajstić information content (AvgIpc) is 2.38. The van der Waals surface area contributed by atoms with Gasteiger partial charge in [0.15, 0.2) is 0 Å².